The van der Waals surface area contributed by atoms with Crippen LogP contribution in [0.15, 0.2) is 4.52 Å². The molecule has 6 nitrogen and oxygen atoms in total. The molecule has 0 saturated carbocycles. The fraction of sp³-hybridized carbons (Fsp3) is 0.846. The molecule has 0 aromatic carbocycles. The zero-order valence-electron chi connectivity index (χ0n) is 11.7. The number of ether oxygens (including phenoxy) is 2. The van der Waals surface area contributed by atoms with Crippen molar-refractivity contribution < 1.29 is 14.0 Å². The Bertz CT molecular complexity index is 370. The minimum atomic E-state index is 0.167. The zero-order valence-corrected chi connectivity index (χ0v) is 11.7. The molecule has 2 rings (SSSR count). The summed E-state index contributed by atoms with van der Waals surface area (Å²) in [5.41, 5.74) is 0. The predicted molar refractivity (Wildman–Crippen MR) is 70.1 cm³/mol. The highest BCUT2D eigenvalue weighted by Gasteiger charge is 2.33. The smallest absolute Gasteiger partial charge is 0.233 e. The molecule has 0 aliphatic carbocycles. The molecule has 1 aromatic heterocycles. The van der Waals surface area contributed by atoms with E-state index in [4.69, 9.17) is 14.0 Å². The normalized spacial score (nSPS) is 23.1. The molecule has 1 saturated heterocycles. The summed E-state index contributed by atoms with van der Waals surface area (Å²) in [5, 5.41) is 7.46. The second-order valence-electron chi connectivity index (χ2n) is 4.70. The van der Waals surface area contributed by atoms with Crippen molar-refractivity contribution in [3.05, 3.63) is 11.7 Å². The van der Waals surface area contributed by atoms with Gasteiger partial charge in [-0.2, -0.15) is 4.98 Å². The van der Waals surface area contributed by atoms with Gasteiger partial charge >= 0.3 is 0 Å². The number of hydrogen-bond acceptors (Lipinski definition) is 6. The quantitative estimate of drug-likeness (QED) is 0.713. The van der Waals surface area contributed by atoms with Gasteiger partial charge in [-0.1, -0.05) is 12.1 Å². The number of aromatic nitrogens is 2. The lowest BCUT2D eigenvalue weighted by atomic mass is 10.0. The highest BCUT2D eigenvalue weighted by molar-refractivity contribution is 5.02. The fourth-order valence-corrected chi connectivity index (χ4v) is 2.16. The van der Waals surface area contributed by atoms with Crippen molar-refractivity contribution in [1.82, 2.24) is 15.5 Å². The molecule has 108 valence electrons. The molecule has 0 radical (unpaired) electrons. The Morgan fingerprint density at radius 1 is 1.37 bits per heavy atom. The predicted octanol–water partition coefficient (Wildman–Crippen LogP) is 1.13. The van der Waals surface area contributed by atoms with Crippen LogP contribution in [0.4, 0.5) is 0 Å². The van der Waals surface area contributed by atoms with Crippen LogP contribution in [0.3, 0.4) is 0 Å². The minimum Gasteiger partial charge on any atom is -0.381 e. The average molecular weight is 269 g/mol. The molecule has 19 heavy (non-hydrogen) atoms. The Labute approximate surface area is 113 Å². The Morgan fingerprint density at radius 3 is 3.05 bits per heavy atom. The van der Waals surface area contributed by atoms with Crippen LogP contribution >= 0.6 is 0 Å². The summed E-state index contributed by atoms with van der Waals surface area (Å²) in [6, 6.07) is 0.278. The molecule has 2 unspecified atom stereocenters. The van der Waals surface area contributed by atoms with Gasteiger partial charge in [0.1, 0.15) is 0 Å². The van der Waals surface area contributed by atoms with Crippen molar-refractivity contribution in [2.45, 2.75) is 38.6 Å². The van der Waals surface area contributed by atoms with E-state index in [9.17, 15) is 0 Å². The topological polar surface area (TPSA) is 69.4 Å². The Kier molecular flexibility index (Phi) is 5.75. The van der Waals surface area contributed by atoms with E-state index in [-0.39, 0.29) is 12.0 Å². The second-order valence-corrected chi connectivity index (χ2v) is 4.70. The molecule has 6 heteroatoms. The first-order chi connectivity index (χ1) is 9.35. The van der Waals surface area contributed by atoms with Crippen molar-refractivity contribution in [2.75, 3.05) is 33.0 Å². The molecule has 0 spiro atoms. The number of nitrogens with one attached hydrogen (secondary N) is 1. The maximum atomic E-state index is 5.51. The van der Waals surface area contributed by atoms with Crippen LogP contribution in [-0.2, 0) is 15.9 Å². The zero-order chi connectivity index (χ0) is 13.5. The number of rotatable bonds is 8. The van der Waals surface area contributed by atoms with E-state index in [2.05, 4.69) is 22.4 Å². The molecule has 1 N–H and O–H groups in total. The molecule has 0 amide bonds. The highest BCUT2D eigenvalue weighted by atomic mass is 16.5. The van der Waals surface area contributed by atoms with Gasteiger partial charge in [-0.15, -0.1) is 0 Å². The third kappa shape index (κ3) is 3.99. The summed E-state index contributed by atoms with van der Waals surface area (Å²) in [4.78, 5) is 4.44. The van der Waals surface area contributed by atoms with E-state index in [0.717, 1.165) is 13.0 Å². The molecule has 1 fully saturated rings. The minimum absolute atomic E-state index is 0.167. The van der Waals surface area contributed by atoms with Gasteiger partial charge in [0.25, 0.3) is 0 Å². The van der Waals surface area contributed by atoms with Gasteiger partial charge in [0.05, 0.1) is 25.7 Å². The maximum Gasteiger partial charge on any atom is 0.233 e. The van der Waals surface area contributed by atoms with Crippen LogP contribution in [0.1, 0.15) is 37.9 Å². The van der Waals surface area contributed by atoms with Crippen LogP contribution in [0.2, 0.25) is 0 Å². The standard InChI is InChI=1S/C13H23N3O3/c1-3-6-14-11-9-18-8-10(11)13-15-12(16-19-13)5-7-17-4-2/h10-11,14H,3-9H2,1-2H3. The van der Waals surface area contributed by atoms with Crippen molar-refractivity contribution >= 4 is 0 Å². The maximum absolute atomic E-state index is 5.51. The van der Waals surface area contributed by atoms with E-state index in [1.807, 2.05) is 6.92 Å². The van der Waals surface area contributed by atoms with Crippen molar-refractivity contribution in [2.24, 2.45) is 0 Å². The molecule has 2 heterocycles. The summed E-state index contributed by atoms with van der Waals surface area (Å²) in [6.07, 6.45) is 1.80. The van der Waals surface area contributed by atoms with Gasteiger partial charge in [0.2, 0.25) is 5.89 Å². The van der Waals surface area contributed by atoms with Crippen molar-refractivity contribution in [1.29, 1.82) is 0 Å². The molecular weight excluding hydrogens is 246 g/mol. The first kappa shape index (κ1) is 14.4. The lowest BCUT2D eigenvalue weighted by Gasteiger charge is -2.14. The van der Waals surface area contributed by atoms with E-state index < -0.39 is 0 Å². The summed E-state index contributed by atoms with van der Waals surface area (Å²) in [7, 11) is 0. The van der Waals surface area contributed by atoms with Crippen LogP contribution in [0.5, 0.6) is 0 Å². The third-order valence-corrected chi connectivity index (χ3v) is 3.21. The molecule has 0 bridgehead atoms. The van der Waals surface area contributed by atoms with E-state index >= 15 is 0 Å². The van der Waals surface area contributed by atoms with Crippen LogP contribution in [0, 0.1) is 0 Å². The molecule has 2 atom stereocenters. The summed E-state index contributed by atoms with van der Waals surface area (Å²) in [6.45, 7) is 7.81. The Balaban J connectivity index is 1.89. The molecule has 1 aliphatic rings. The molecule has 1 aromatic rings. The fourth-order valence-electron chi connectivity index (χ4n) is 2.16. The van der Waals surface area contributed by atoms with E-state index in [1.54, 1.807) is 0 Å². The van der Waals surface area contributed by atoms with Gasteiger partial charge in [0, 0.05) is 19.1 Å². The van der Waals surface area contributed by atoms with Gasteiger partial charge < -0.3 is 19.3 Å². The first-order valence-corrected chi connectivity index (χ1v) is 7.06. The van der Waals surface area contributed by atoms with Crippen molar-refractivity contribution in [3.8, 4) is 0 Å². The Hall–Kier alpha value is -0.980. The lowest BCUT2D eigenvalue weighted by molar-refractivity contribution is 0.149. The van der Waals surface area contributed by atoms with Gasteiger partial charge in [0.15, 0.2) is 5.82 Å². The monoisotopic (exact) mass is 269 g/mol. The molecular formula is C13H23N3O3. The number of nitrogens with zero attached hydrogens (tertiary/aromatic N) is 2. The van der Waals surface area contributed by atoms with E-state index in [1.165, 1.54) is 0 Å². The van der Waals surface area contributed by atoms with Crippen LogP contribution in [0.25, 0.3) is 0 Å². The summed E-state index contributed by atoms with van der Waals surface area (Å²) in [5.74, 6) is 1.56. The van der Waals surface area contributed by atoms with Crippen LogP contribution in [-0.4, -0.2) is 49.2 Å². The lowest BCUT2D eigenvalue weighted by Crippen LogP contribution is -2.35. The largest absolute Gasteiger partial charge is 0.381 e. The highest BCUT2D eigenvalue weighted by Crippen LogP contribution is 2.24. The van der Waals surface area contributed by atoms with Crippen molar-refractivity contribution in [3.63, 3.8) is 0 Å². The molecule has 1 aliphatic heterocycles. The number of hydrogen-bond donors (Lipinski definition) is 1. The summed E-state index contributed by atoms with van der Waals surface area (Å²) >= 11 is 0. The second kappa shape index (κ2) is 7.57. The third-order valence-electron chi connectivity index (χ3n) is 3.21. The van der Waals surface area contributed by atoms with E-state index in [0.29, 0.717) is 44.6 Å². The summed E-state index contributed by atoms with van der Waals surface area (Å²) < 4.78 is 16.2. The Morgan fingerprint density at radius 2 is 2.26 bits per heavy atom. The van der Waals surface area contributed by atoms with Gasteiger partial charge in [-0.3, -0.25) is 0 Å². The average Bonchev–Trinajstić information content (AvgIpc) is 3.05. The van der Waals surface area contributed by atoms with Crippen LogP contribution < -0.4 is 5.32 Å². The van der Waals surface area contributed by atoms with Gasteiger partial charge in [-0.05, 0) is 19.9 Å². The SMILES string of the molecule is CCCNC1COCC1c1nc(CCOCC)no1. The first-order valence-electron chi connectivity index (χ1n) is 7.06. The van der Waals surface area contributed by atoms with Gasteiger partial charge in [-0.25, -0.2) is 0 Å².